The Kier molecular flexibility index (Phi) is 8.30. The zero-order valence-electron chi connectivity index (χ0n) is 21.9. The number of ether oxygens (including phenoxy) is 4. The summed E-state index contributed by atoms with van der Waals surface area (Å²) in [7, 11) is 0. The van der Waals surface area contributed by atoms with E-state index in [-0.39, 0.29) is 28.0 Å². The number of rotatable bonds is 6. The third-order valence-electron chi connectivity index (χ3n) is 7.21. The van der Waals surface area contributed by atoms with Crippen molar-refractivity contribution in [3.05, 3.63) is 46.6 Å². The molecule has 15 heteroatoms. The van der Waals surface area contributed by atoms with Crippen LogP contribution in [0.4, 0.5) is 0 Å². The number of aliphatic hydroxyl groups is 6. The Labute approximate surface area is 236 Å². The van der Waals surface area contributed by atoms with Gasteiger partial charge in [-0.25, -0.2) is 0 Å². The van der Waals surface area contributed by atoms with Gasteiger partial charge in [0.2, 0.25) is 17.5 Å². The molecule has 0 amide bonds. The van der Waals surface area contributed by atoms with Gasteiger partial charge in [-0.05, 0) is 31.2 Å². The summed E-state index contributed by atoms with van der Waals surface area (Å²) in [5, 5.41) is 91.4. The molecule has 5 rings (SSSR count). The van der Waals surface area contributed by atoms with Crippen molar-refractivity contribution in [2.75, 3.05) is 6.61 Å². The number of aliphatic hydroxyl groups excluding tert-OH is 6. The van der Waals surface area contributed by atoms with Gasteiger partial charge in [0.1, 0.15) is 64.8 Å². The number of benzene rings is 2. The van der Waals surface area contributed by atoms with Crippen molar-refractivity contribution < 1.29 is 69.3 Å². The molecule has 3 aromatic rings. The molecule has 2 saturated heterocycles. The Bertz CT molecular complexity index is 1470. The summed E-state index contributed by atoms with van der Waals surface area (Å²) < 4.78 is 28.5. The highest BCUT2D eigenvalue weighted by Crippen LogP contribution is 2.38. The average Bonchev–Trinajstić information content (AvgIpc) is 2.95. The molecule has 2 aliphatic rings. The molecule has 0 aliphatic carbocycles. The zero-order chi connectivity index (χ0) is 30.5. The van der Waals surface area contributed by atoms with Crippen molar-refractivity contribution in [1.29, 1.82) is 0 Å². The Morgan fingerprint density at radius 2 is 1.50 bits per heavy atom. The average molecular weight is 595 g/mol. The van der Waals surface area contributed by atoms with Crippen molar-refractivity contribution in [2.45, 2.75) is 68.3 Å². The van der Waals surface area contributed by atoms with Crippen LogP contribution in [0.15, 0.2) is 45.6 Å². The van der Waals surface area contributed by atoms with Crippen LogP contribution < -0.4 is 10.2 Å². The van der Waals surface area contributed by atoms with Gasteiger partial charge in [0.15, 0.2) is 18.2 Å². The van der Waals surface area contributed by atoms with Crippen LogP contribution in [0.3, 0.4) is 0 Å². The third-order valence-corrected chi connectivity index (χ3v) is 7.21. The molecule has 10 atom stereocenters. The lowest BCUT2D eigenvalue weighted by Gasteiger charge is -2.45. The largest absolute Gasteiger partial charge is 0.508 e. The first kappa shape index (κ1) is 30.0. The lowest BCUT2D eigenvalue weighted by molar-refractivity contribution is -0.355. The van der Waals surface area contributed by atoms with Gasteiger partial charge in [0, 0.05) is 17.7 Å². The molecule has 0 saturated carbocycles. The number of phenolic OH excluding ortho intramolecular Hbond substituents is 3. The van der Waals surface area contributed by atoms with Gasteiger partial charge in [0.25, 0.3) is 0 Å². The molecule has 228 valence electrons. The molecule has 42 heavy (non-hydrogen) atoms. The van der Waals surface area contributed by atoms with Crippen molar-refractivity contribution in [2.24, 2.45) is 0 Å². The van der Waals surface area contributed by atoms with Crippen LogP contribution in [0.5, 0.6) is 23.0 Å². The van der Waals surface area contributed by atoms with Gasteiger partial charge in [-0.1, -0.05) is 0 Å². The first-order valence-electron chi connectivity index (χ1n) is 12.9. The maximum atomic E-state index is 13.7. The fourth-order valence-corrected chi connectivity index (χ4v) is 4.87. The SMILES string of the molecule is CC1O[C@@H](Oc2c(-c3ccc(O)cc3)oc3cc(O)cc(O)c3c2=O)[C@@H](O[C@@H]2OC(CO)[C@@H](O)C(O)[C@H]2O)C(O)[C@H]1O. The van der Waals surface area contributed by atoms with E-state index in [2.05, 4.69) is 0 Å². The van der Waals surface area contributed by atoms with Gasteiger partial charge in [-0.15, -0.1) is 0 Å². The summed E-state index contributed by atoms with van der Waals surface area (Å²) >= 11 is 0. The first-order chi connectivity index (χ1) is 19.9. The molecule has 2 aliphatic heterocycles. The van der Waals surface area contributed by atoms with E-state index in [1.54, 1.807) is 0 Å². The maximum absolute atomic E-state index is 13.7. The summed E-state index contributed by atoms with van der Waals surface area (Å²) in [4.78, 5) is 13.7. The number of phenols is 3. The van der Waals surface area contributed by atoms with Crippen LogP contribution in [0.25, 0.3) is 22.3 Å². The number of hydrogen-bond donors (Lipinski definition) is 9. The quantitative estimate of drug-likeness (QED) is 0.159. The summed E-state index contributed by atoms with van der Waals surface area (Å²) in [6.07, 6.45) is -16.4. The minimum absolute atomic E-state index is 0.103. The fourth-order valence-electron chi connectivity index (χ4n) is 4.87. The van der Waals surface area contributed by atoms with Crippen molar-refractivity contribution in [3.63, 3.8) is 0 Å². The number of aromatic hydroxyl groups is 3. The predicted molar refractivity (Wildman–Crippen MR) is 139 cm³/mol. The molecule has 2 aromatic carbocycles. The molecular weight excluding hydrogens is 564 g/mol. The van der Waals surface area contributed by atoms with Crippen molar-refractivity contribution in [3.8, 4) is 34.3 Å². The van der Waals surface area contributed by atoms with Crippen molar-refractivity contribution >= 4 is 11.0 Å². The van der Waals surface area contributed by atoms with E-state index in [0.29, 0.717) is 0 Å². The van der Waals surface area contributed by atoms with E-state index in [0.717, 1.165) is 12.1 Å². The zero-order valence-corrected chi connectivity index (χ0v) is 21.9. The second-order valence-corrected chi connectivity index (χ2v) is 10.1. The van der Waals surface area contributed by atoms with Gasteiger partial charge < -0.3 is 69.3 Å². The highest BCUT2D eigenvalue weighted by molar-refractivity contribution is 5.88. The van der Waals surface area contributed by atoms with Crippen LogP contribution in [-0.2, 0) is 14.2 Å². The highest BCUT2D eigenvalue weighted by atomic mass is 16.8. The summed E-state index contributed by atoms with van der Waals surface area (Å²) in [6, 6.07) is 7.38. The molecule has 0 bridgehead atoms. The number of fused-ring (bicyclic) bond motifs is 1. The van der Waals surface area contributed by atoms with Crippen LogP contribution >= 0.6 is 0 Å². The summed E-state index contributed by atoms with van der Waals surface area (Å²) in [5.41, 5.74) is -0.934. The summed E-state index contributed by atoms with van der Waals surface area (Å²) in [6.45, 7) is 0.633. The molecule has 2 fully saturated rings. The Morgan fingerprint density at radius 3 is 2.17 bits per heavy atom. The van der Waals surface area contributed by atoms with Gasteiger partial charge in [-0.2, -0.15) is 0 Å². The van der Waals surface area contributed by atoms with Gasteiger partial charge in [0.05, 0.1) is 12.7 Å². The second-order valence-electron chi connectivity index (χ2n) is 10.1. The minimum atomic E-state index is -1.88. The lowest BCUT2D eigenvalue weighted by Crippen LogP contribution is -2.64. The van der Waals surface area contributed by atoms with E-state index in [1.807, 2.05) is 0 Å². The van der Waals surface area contributed by atoms with E-state index in [9.17, 15) is 50.8 Å². The molecule has 15 nitrogen and oxygen atoms in total. The van der Waals surface area contributed by atoms with E-state index < -0.39 is 90.7 Å². The van der Waals surface area contributed by atoms with E-state index in [4.69, 9.17) is 23.4 Å². The molecule has 3 heterocycles. The Hall–Kier alpha value is -3.51. The van der Waals surface area contributed by atoms with Crippen molar-refractivity contribution in [1.82, 2.24) is 0 Å². The lowest BCUT2D eigenvalue weighted by atomic mass is 9.97. The third kappa shape index (κ3) is 5.37. The Balaban J connectivity index is 1.58. The van der Waals surface area contributed by atoms with Gasteiger partial charge in [-0.3, -0.25) is 4.79 Å². The first-order valence-corrected chi connectivity index (χ1v) is 12.9. The van der Waals surface area contributed by atoms with E-state index in [1.165, 1.54) is 31.2 Å². The highest BCUT2D eigenvalue weighted by Gasteiger charge is 2.51. The van der Waals surface area contributed by atoms with Crippen LogP contribution in [0.1, 0.15) is 6.92 Å². The summed E-state index contributed by atoms with van der Waals surface area (Å²) in [5.74, 6) is -1.93. The smallest absolute Gasteiger partial charge is 0.239 e. The van der Waals surface area contributed by atoms with Crippen LogP contribution in [0.2, 0.25) is 0 Å². The number of hydrogen-bond acceptors (Lipinski definition) is 15. The molecule has 9 N–H and O–H groups in total. The minimum Gasteiger partial charge on any atom is -0.508 e. The monoisotopic (exact) mass is 594 g/mol. The molecule has 0 spiro atoms. The standard InChI is InChI=1S/C27H30O15/c1-9-17(32)21(36)25(42-26-22(37)20(35)18(33)15(8-28)40-26)27(38-9)41-24-19(34)16-13(31)6-12(30)7-14(16)39-23(24)10-2-4-11(29)5-3-10/h2-7,9,15,17-18,20-22,25-33,35-37H,8H2,1H3/t9?,15?,17-,18+,20?,21?,22+,25-,26-,27-/m0/s1. The molecule has 4 unspecified atom stereocenters. The molecule has 0 radical (unpaired) electrons. The predicted octanol–water partition coefficient (Wildman–Crippen LogP) is -1.39. The second kappa shape index (κ2) is 11.6. The van der Waals surface area contributed by atoms with Gasteiger partial charge >= 0.3 is 0 Å². The topological polar surface area (TPSA) is 249 Å². The molecule has 1 aromatic heterocycles. The normalized spacial score (nSPS) is 33.5. The Morgan fingerprint density at radius 1 is 0.810 bits per heavy atom. The van der Waals surface area contributed by atoms with Crippen LogP contribution in [-0.4, -0.2) is 114 Å². The van der Waals surface area contributed by atoms with Crippen LogP contribution in [0, 0.1) is 0 Å². The van der Waals surface area contributed by atoms with E-state index >= 15 is 0 Å². The maximum Gasteiger partial charge on any atom is 0.239 e. The fraction of sp³-hybridized carbons (Fsp3) is 0.444. The molecular formula is C27H30O15.